The summed E-state index contributed by atoms with van der Waals surface area (Å²) in [5.41, 5.74) is 9.96. The fraction of sp³-hybridized carbons (Fsp3) is 0. The number of amides is 1. The van der Waals surface area contributed by atoms with Gasteiger partial charge in [-0.2, -0.15) is 0 Å². The zero-order chi connectivity index (χ0) is 14.7. The number of hydrogen-bond acceptors (Lipinski definition) is 2. The third-order valence-corrected chi connectivity index (χ3v) is 3.35. The number of carbonyl (C=O) groups is 1. The maximum Gasteiger partial charge on any atom is 0.248 e. The smallest absolute Gasteiger partial charge is 0.248 e. The molecule has 3 heteroatoms. The van der Waals surface area contributed by atoms with Crippen LogP contribution < -0.4 is 5.73 Å². The first kappa shape index (κ1) is 13.1. The Kier molecular flexibility index (Phi) is 3.48. The molecule has 3 aromatic rings. The average Bonchev–Trinajstić information content (AvgIpc) is 2.56. The summed E-state index contributed by atoms with van der Waals surface area (Å²) < 4.78 is 0. The number of nitrogens with zero attached hydrogens (tertiary/aromatic N) is 1. The van der Waals surface area contributed by atoms with Gasteiger partial charge in [-0.05, 0) is 29.3 Å². The van der Waals surface area contributed by atoms with Gasteiger partial charge in [-0.3, -0.25) is 9.78 Å². The Hall–Kier alpha value is -2.94. The zero-order valence-corrected chi connectivity index (χ0v) is 11.4. The van der Waals surface area contributed by atoms with Crippen molar-refractivity contribution in [3.63, 3.8) is 0 Å². The summed E-state index contributed by atoms with van der Waals surface area (Å²) in [6.07, 6.45) is 3.66. The first-order valence-corrected chi connectivity index (χ1v) is 6.65. The van der Waals surface area contributed by atoms with Crippen molar-refractivity contribution in [2.75, 3.05) is 0 Å². The highest BCUT2D eigenvalue weighted by Gasteiger charge is 2.04. The lowest BCUT2D eigenvalue weighted by Crippen LogP contribution is -2.10. The molecular weight excluding hydrogens is 260 g/mol. The highest BCUT2D eigenvalue weighted by atomic mass is 16.1. The largest absolute Gasteiger partial charge is 0.366 e. The summed E-state index contributed by atoms with van der Waals surface area (Å²) in [6.45, 7) is 0. The normalized spacial score (nSPS) is 10.3. The Bertz CT molecular complexity index is 765. The molecule has 1 amide bonds. The van der Waals surface area contributed by atoms with E-state index in [9.17, 15) is 4.79 Å². The number of carbonyl (C=O) groups excluding carboxylic acids is 1. The number of pyridine rings is 1. The van der Waals surface area contributed by atoms with Gasteiger partial charge in [0, 0.05) is 29.1 Å². The molecule has 1 aromatic heterocycles. The standard InChI is InChI=1S/C18H14N2O/c19-18(21)15-8-6-14(7-9-15)17-10-16(11-20-12-17)13-4-2-1-3-5-13/h1-12H,(H2,19,21). The van der Waals surface area contributed by atoms with Crippen molar-refractivity contribution in [2.45, 2.75) is 0 Å². The van der Waals surface area contributed by atoms with Gasteiger partial charge in [0.05, 0.1) is 0 Å². The Balaban J connectivity index is 1.98. The molecule has 0 saturated carbocycles. The van der Waals surface area contributed by atoms with Gasteiger partial charge in [-0.25, -0.2) is 0 Å². The van der Waals surface area contributed by atoms with Gasteiger partial charge in [0.2, 0.25) is 5.91 Å². The summed E-state index contributed by atoms with van der Waals surface area (Å²) in [5, 5.41) is 0. The minimum absolute atomic E-state index is 0.419. The minimum atomic E-state index is -0.419. The molecule has 1 heterocycles. The Morgan fingerprint density at radius 3 is 1.90 bits per heavy atom. The number of rotatable bonds is 3. The molecular formula is C18H14N2O. The molecule has 2 N–H and O–H groups in total. The molecule has 0 saturated heterocycles. The molecule has 3 rings (SSSR count). The predicted octanol–water partition coefficient (Wildman–Crippen LogP) is 3.51. The maximum atomic E-state index is 11.1. The molecule has 0 bridgehead atoms. The molecule has 0 fully saturated rings. The molecule has 21 heavy (non-hydrogen) atoms. The predicted molar refractivity (Wildman–Crippen MR) is 83.6 cm³/mol. The van der Waals surface area contributed by atoms with Crippen LogP contribution in [0, 0.1) is 0 Å². The van der Waals surface area contributed by atoms with Gasteiger partial charge < -0.3 is 5.73 Å². The first-order chi connectivity index (χ1) is 10.2. The quantitative estimate of drug-likeness (QED) is 0.794. The van der Waals surface area contributed by atoms with E-state index in [0.717, 1.165) is 22.3 Å². The van der Waals surface area contributed by atoms with E-state index in [1.165, 1.54) is 0 Å². The molecule has 2 aromatic carbocycles. The summed E-state index contributed by atoms with van der Waals surface area (Å²) in [4.78, 5) is 15.4. The number of primary amides is 1. The van der Waals surface area contributed by atoms with Gasteiger partial charge in [0.15, 0.2) is 0 Å². The zero-order valence-electron chi connectivity index (χ0n) is 11.4. The van der Waals surface area contributed by atoms with E-state index in [1.807, 2.05) is 42.7 Å². The van der Waals surface area contributed by atoms with Crippen molar-refractivity contribution in [3.8, 4) is 22.3 Å². The number of aromatic nitrogens is 1. The van der Waals surface area contributed by atoms with Crippen LogP contribution in [0.1, 0.15) is 10.4 Å². The van der Waals surface area contributed by atoms with Crippen LogP contribution in [0.15, 0.2) is 73.1 Å². The molecule has 3 nitrogen and oxygen atoms in total. The number of hydrogen-bond donors (Lipinski definition) is 1. The third-order valence-electron chi connectivity index (χ3n) is 3.35. The van der Waals surface area contributed by atoms with Crippen LogP contribution in [-0.2, 0) is 0 Å². The third kappa shape index (κ3) is 2.82. The lowest BCUT2D eigenvalue weighted by molar-refractivity contribution is 0.100. The Morgan fingerprint density at radius 1 is 0.762 bits per heavy atom. The van der Waals surface area contributed by atoms with Gasteiger partial charge in [0.25, 0.3) is 0 Å². The van der Waals surface area contributed by atoms with E-state index in [0.29, 0.717) is 5.56 Å². The van der Waals surface area contributed by atoms with E-state index in [2.05, 4.69) is 23.2 Å². The van der Waals surface area contributed by atoms with Gasteiger partial charge in [-0.1, -0.05) is 42.5 Å². The summed E-state index contributed by atoms with van der Waals surface area (Å²) >= 11 is 0. The van der Waals surface area contributed by atoms with Crippen LogP contribution in [0.2, 0.25) is 0 Å². The average molecular weight is 274 g/mol. The van der Waals surface area contributed by atoms with Gasteiger partial charge >= 0.3 is 0 Å². The molecule has 102 valence electrons. The summed E-state index contributed by atoms with van der Waals surface area (Å²) in [6, 6.07) is 19.4. The topological polar surface area (TPSA) is 56.0 Å². The van der Waals surface area contributed by atoms with Gasteiger partial charge in [-0.15, -0.1) is 0 Å². The summed E-state index contributed by atoms with van der Waals surface area (Å²) in [7, 11) is 0. The highest BCUT2D eigenvalue weighted by molar-refractivity contribution is 5.93. The maximum absolute atomic E-state index is 11.1. The van der Waals surface area contributed by atoms with E-state index in [1.54, 1.807) is 12.1 Å². The second-order valence-corrected chi connectivity index (χ2v) is 4.77. The first-order valence-electron chi connectivity index (χ1n) is 6.65. The molecule has 0 aliphatic rings. The second kappa shape index (κ2) is 5.59. The summed E-state index contributed by atoms with van der Waals surface area (Å²) in [5.74, 6) is -0.419. The molecule has 0 aliphatic carbocycles. The lowest BCUT2D eigenvalue weighted by Gasteiger charge is -2.06. The second-order valence-electron chi connectivity index (χ2n) is 4.77. The van der Waals surface area contributed by atoms with Crippen molar-refractivity contribution in [1.29, 1.82) is 0 Å². The van der Waals surface area contributed by atoms with Gasteiger partial charge in [0.1, 0.15) is 0 Å². The van der Waals surface area contributed by atoms with Crippen LogP contribution in [0.5, 0.6) is 0 Å². The molecule has 0 spiro atoms. The van der Waals surface area contributed by atoms with Crippen LogP contribution in [0.3, 0.4) is 0 Å². The van der Waals surface area contributed by atoms with E-state index in [-0.39, 0.29) is 0 Å². The van der Waals surface area contributed by atoms with Crippen LogP contribution in [0.25, 0.3) is 22.3 Å². The van der Waals surface area contributed by atoms with Crippen molar-refractivity contribution in [2.24, 2.45) is 5.73 Å². The SMILES string of the molecule is NC(=O)c1ccc(-c2cncc(-c3ccccc3)c2)cc1. The van der Waals surface area contributed by atoms with Crippen LogP contribution in [-0.4, -0.2) is 10.9 Å². The minimum Gasteiger partial charge on any atom is -0.366 e. The number of benzene rings is 2. The van der Waals surface area contributed by atoms with Crippen LogP contribution in [0.4, 0.5) is 0 Å². The Labute approximate surface area is 123 Å². The Morgan fingerprint density at radius 2 is 1.33 bits per heavy atom. The molecule has 0 radical (unpaired) electrons. The molecule has 0 atom stereocenters. The van der Waals surface area contributed by atoms with Crippen molar-refractivity contribution < 1.29 is 4.79 Å². The van der Waals surface area contributed by atoms with E-state index < -0.39 is 5.91 Å². The fourth-order valence-corrected chi connectivity index (χ4v) is 2.21. The van der Waals surface area contributed by atoms with E-state index in [4.69, 9.17) is 5.73 Å². The monoisotopic (exact) mass is 274 g/mol. The molecule has 0 aliphatic heterocycles. The lowest BCUT2D eigenvalue weighted by atomic mass is 10.0. The number of nitrogens with two attached hydrogens (primary N) is 1. The molecule has 0 unspecified atom stereocenters. The van der Waals surface area contributed by atoms with Crippen molar-refractivity contribution in [3.05, 3.63) is 78.6 Å². The fourth-order valence-electron chi connectivity index (χ4n) is 2.21. The van der Waals surface area contributed by atoms with Crippen molar-refractivity contribution >= 4 is 5.91 Å². The van der Waals surface area contributed by atoms with E-state index >= 15 is 0 Å². The highest BCUT2D eigenvalue weighted by Crippen LogP contribution is 2.25. The van der Waals surface area contributed by atoms with Crippen molar-refractivity contribution in [1.82, 2.24) is 4.98 Å². The van der Waals surface area contributed by atoms with Crippen LogP contribution >= 0.6 is 0 Å².